The standard InChI is InChI=1S/C16H23NO2.C14H22O5S/c1-2-3-4-6-15(18)13-8-10-14(11-9-13)17-12-5-7-16(17)19;1-2-3-12-6-7-13(20-12)14(18)19-9-11(17)5-4-10(16)8-15/h8-11,15,18H,2-7,12H2,1H3;6-7,10-11,15-17H,2-5,8-9H2,1H3/t15-;/m0./s1. The van der Waals surface area contributed by atoms with E-state index in [1.54, 1.807) is 6.07 Å². The lowest BCUT2D eigenvalue weighted by Gasteiger charge is -2.17. The number of ether oxygens (including phenoxy) is 1. The smallest absolute Gasteiger partial charge is 0.348 e. The average Bonchev–Trinajstić information content (AvgIpc) is 3.60. The highest BCUT2D eigenvalue weighted by Crippen LogP contribution is 2.25. The minimum atomic E-state index is -0.839. The first-order chi connectivity index (χ1) is 18.8. The van der Waals surface area contributed by atoms with Gasteiger partial charge in [0.25, 0.3) is 0 Å². The summed E-state index contributed by atoms with van der Waals surface area (Å²) in [5, 5.41) is 37.5. The number of thiophene rings is 1. The molecule has 1 aromatic heterocycles. The van der Waals surface area contributed by atoms with Gasteiger partial charge in [0.05, 0.1) is 24.9 Å². The number of carbonyl (C=O) groups excluding carboxylic acids is 2. The third kappa shape index (κ3) is 11.8. The van der Waals surface area contributed by atoms with Crippen LogP contribution in [0.1, 0.15) is 97.9 Å². The molecular formula is C30H45NO7S. The molecule has 1 saturated heterocycles. The van der Waals surface area contributed by atoms with Crippen molar-refractivity contribution < 1.29 is 34.8 Å². The van der Waals surface area contributed by atoms with E-state index in [9.17, 15) is 19.8 Å². The van der Waals surface area contributed by atoms with E-state index in [0.717, 1.165) is 61.2 Å². The lowest BCUT2D eigenvalue weighted by molar-refractivity contribution is -0.117. The summed E-state index contributed by atoms with van der Waals surface area (Å²) < 4.78 is 5.02. The Morgan fingerprint density at radius 1 is 0.974 bits per heavy atom. The maximum Gasteiger partial charge on any atom is 0.348 e. The molecule has 3 atom stereocenters. The van der Waals surface area contributed by atoms with Crippen molar-refractivity contribution in [3.05, 3.63) is 51.7 Å². The van der Waals surface area contributed by atoms with Gasteiger partial charge >= 0.3 is 5.97 Å². The lowest BCUT2D eigenvalue weighted by Crippen LogP contribution is -2.23. The van der Waals surface area contributed by atoms with E-state index in [0.29, 0.717) is 11.3 Å². The summed E-state index contributed by atoms with van der Waals surface area (Å²) in [5.74, 6) is -0.227. The Kier molecular flexibility index (Phi) is 15.3. The zero-order chi connectivity index (χ0) is 28.6. The van der Waals surface area contributed by atoms with E-state index < -0.39 is 18.2 Å². The Morgan fingerprint density at radius 2 is 1.69 bits per heavy atom. The Balaban J connectivity index is 0.000000274. The number of amides is 1. The molecule has 8 nitrogen and oxygen atoms in total. The van der Waals surface area contributed by atoms with Crippen LogP contribution < -0.4 is 4.90 Å². The van der Waals surface area contributed by atoms with Crippen molar-refractivity contribution >= 4 is 28.9 Å². The van der Waals surface area contributed by atoms with Gasteiger partial charge in [-0.05, 0) is 61.9 Å². The molecule has 1 aromatic carbocycles. The first-order valence-corrected chi connectivity index (χ1v) is 14.9. The first kappa shape index (κ1) is 32.9. The molecule has 0 aliphatic carbocycles. The quantitative estimate of drug-likeness (QED) is 0.181. The number of rotatable bonds is 15. The number of carbonyl (C=O) groups is 2. The van der Waals surface area contributed by atoms with E-state index in [1.807, 2.05) is 35.2 Å². The molecule has 1 amide bonds. The SMILES string of the molecule is CCCCC[C@H](O)c1ccc(N2CCCC2=O)cc1.CCCc1ccc(C(=O)OCC(O)CCC(O)CO)s1. The number of unbranched alkanes of at least 4 members (excludes halogenated alkanes) is 2. The normalized spacial score (nSPS) is 15.4. The van der Waals surface area contributed by atoms with Crippen molar-refractivity contribution in [2.45, 2.75) is 96.4 Å². The van der Waals surface area contributed by atoms with Crippen LogP contribution in [0.25, 0.3) is 0 Å². The van der Waals surface area contributed by atoms with Gasteiger partial charge in [0.15, 0.2) is 0 Å². The maximum absolute atomic E-state index is 11.7. The maximum atomic E-state index is 11.7. The van der Waals surface area contributed by atoms with E-state index in [-0.39, 0.29) is 38.1 Å². The van der Waals surface area contributed by atoms with Gasteiger partial charge in [0, 0.05) is 23.5 Å². The highest BCUT2D eigenvalue weighted by molar-refractivity contribution is 7.13. The Hall–Kier alpha value is -2.30. The predicted octanol–water partition coefficient (Wildman–Crippen LogP) is 4.78. The molecular weight excluding hydrogens is 518 g/mol. The number of anilines is 1. The van der Waals surface area contributed by atoms with Gasteiger partial charge in [-0.1, -0.05) is 51.7 Å². The molecule has 9 heteroatoms. The number of nitrogens with zero attached hydrogens (tertiary/aromatic N) is 1. The Labute approximate surface area is 236 Å². The van der Waals surface area contributed by atoms with Gasteiger partial charge < -0.3 is 30.1 Å². The van der Waals surface area contributed by atoms with Gasteiger partial charge in [-0.2, -0.15) is 0 Å². The third-order valence-corrected chi connectivity index (χ3v) is 7.68. The van der Waals surface area contributed by atoms with Crippen LogP contribution in [0.4, 0.5) is 5.69 Å². The van der Waals surface area contributed by atoms with E-state index >= 15 is 0 Å². The molecule has 0 saturated carbocycles. The van der Waals surface area contributed by atoms with Crippen molar-refractivity contribution in [1.82, 2.24) is 0 Å². The molecule has 0 spiro atoms. The van der Waals surface area contributed by atoms with Crippen molar-refractivity contribution in [2.75, 3.05) is 24.7 Å². The van der Waals surface area contributed by atoms with E-state index in [1.165, 1.54) is 17.8 Å². The fourth-order valence-electron chi connectivity index (χ4n) is 4.22. The van der Waals surface area contributed by atoms with Gasteiger partial charge in [-0.3, -0.25) is 4.79 Å². The number of hydrogen-bond donors (Lipinski definition) is 4. The van der Waals surface area contributed by atoms with Crippen LogP contribution in [0.5, 0.6) is 0 Å². The number of esters is 1. The predicted molar refractivity (Wildman–Crippen MR) is 154 cm³/mol. The number of aliphatic hydroxyl groups excluding tert-OH is 4. The summed E-state index contributed by atoms with van der Waals surface area (Å²) in [6, 6.07) is 11.4. The minimum absolute atomic E-state index is 0.0992. The second kappa shape index (κ2) is 18.1. The van der Waals surface area contributed by atoms with Crippen LogP contribution in [-0.4, -0.2) is 64.3 Å². The zero-order valence-electron chi connectivity index (χ0n) is 23.3. The second-order valence-electron chi connectivity index (χ2n) is 9.93. The third-order valence-electron chi connectivity index (χ3n) is 6.55. The molecule has 4 N–H and O–H groups in total. The summed E-state index contributed by atoms with van der Waals surface area (Å²) >= 11 is 1.41. The topological polar surface area (TPSA) is 128 Å². The molecule has 0 radical (unpaired) electrons. The first-order valence-electron chi connectivity index (χ1n) is 14.1. The fourth-order valence-corrected chi connectivity index (χ4v) is 5.23. The average molecular weight is 564 g/mol. The summed E-state index contributed by atoms with van der Waals surface area (Å²) in [4.78, 5) is 26.9. The molecule has 2 heterocycles. The van der Waals surface area contributed by atoms with Crippen LogP contribution in [-0.2, 0) is 16.0 Å². The fraction of sp³-hybridized carbons (Fsp3) is 0.600. The summed E-state index contributed by atoms with van der Waals surface area (Å²) in [7, 11) is 0. The largest absolute Gasteiger partial charge is 0.459 e. The van der Waals surface area contributed by atoms with Gasteiger partial charge in [-0.15, -0.1) is 11.3 Å². The highest BCUT2D eigenvalue weighted by Gasteiger charge is 2.21. The second-order valence-corrected chi connectivity index (χ2v) is 11.1. The molecule has 2 aromatic rings. The van der Waals surface area contributed by atoms with E-state index in [2.05, 4.69) is 13.8 Å². The monoisotopic (exact) mass is 563 g/mol. The highest BCUT2D eigenvalue weighted by atomic mass is 32.1. The van der Waals surface area contributed by atoms with Crippen molar-refractivity contribution in [3.8, 4) is 0 Å². The van der Waals surface area contributed by atoms with Gasteiger partial charge in [0.2, 0.25) is 5.91 Å². The van der Waals surface area contributed by atoms with Crippen LogP contribution in [0.2, 0.25) is 0 Å². The van der Waals surface area contributed by atoms with Gasteiger partial charge in [0.1, 0.15) is 11.5 Å². The summed E-state index contributed by atoms with van der Waals surface area (Å²) in [5.41, 5.74) is 1.90. The Bertz CT molecular complexity index is 978. The van der Waals surface area contributed by atoms with Crippen molar-refractivity contribution in [2.24, 2.45) is 0 Å². The summed E-state index contributed by atoms with van der Waals surface area (Å²) in [6.07, 6.45) is 6.29. The molecule has 1 aliphatic rings. The van der Waals surface area contributed by atoms with Crippen molar-refractivity contribution in [3.63, 3.8) is 0 Å². The molecule has 0 bridgehead atoms. The molecule has 39 heavy (non-hydrogen) atoms. The number of benzene rings is 1. The summed E-state index contributed by atoms with van der Waals surface area (Å²) in [6.45, 7) is 4.63. The molecule has 218 valence electrons. The molecule has 3 rings (SSSR count). The molecule has 1 fully saturated rings. The lowest BCUT2D eigenvalue weighted by atomic mass is 10.0. The van der Waals surface area contributed by atoms with Crippen molar-refractivity contribution in [1.29, 1.82) is 0 Å². The number of aryl methyl sites for hydroxylation is 1. The zero-order valence-corrected chi connectivity index (χ0v) is 24.1. The van der Waals surface area contributed by atoms with Gasteiger partial charge in [-0.25, -0.2) is 4.79 Å². The van der Waals surface area contributed by atoms with Crippen LogP contribution in [0.15, 0.2) is 36.4 Å². The number of hydrogen-bond acceptors (Lipinski definition) is 8. The molecule has 2 unspecified atom stereocenters. The Morgan fingerprint density at radius 3 is 2.31 bits per heavy atom. The van der Waals surface area contributed by atoms with E-state index in [4.69, 9.17) is 14.9 Å². The van der Waals surface area contributed by atoms with Crippen LogP contribution in [0, 0.1) is 0 Å². The van der Waals surface area contributed by atoms with Crippen LogP contribution >= 0.6 is 11.3 Å². The van der Waals surface area contributed by atoms with Crippen LogP contribution in [0.3, 0.4) is 0 Å². The minimum Gasteiger partial charge on any atom is -0.459 e. The molecule has 1 aliphatic heterocycles. The number of aliphatic hydroxyl groups is 4.